The first-order valence-electron chi connectivity index (χ1n) is 7.06. The summed E-state index contributed by atoms with van der Waals surface area (Å²) in [6.45, 7) is 4.05. The predicted octanol–water partition coefficient (Wildman–Crippen LogP) is 4.67. The number of ether oxygens (including phenoxy) is 1. The van der Waals surface area contributed by atoms with Crippen molar-refractivity contribution in [1.82, 2.24) is 5.32 Å². The Morgan fingerprint density at radius 2 is 2.00 bits per heavy atom. The minimum Gasteiger partial charge on any atom is -0.486 e. The second-order valence-corrected chi connectivity index (χ2v) is 5.68. The van der Waals surface area contributed by atoms with Gasteiger partial charge in [-0.3, -0.25) is 0 Å². The van der Waals surface area contributed by atoms with Crippen LogP contribution in [-0.2, 0) is 13.2 Å². The van der Waals surface area contributed by atoms with Gasteiger partial charge in [-0.25, -0.2) is 4.39 Å². The lowest BCUT2D eigenvalue weighted by Gasteiger charge is -2.10. The fraction of sp³-hybridized carbons (Fsp3) is 0.294. The summed E-state index contributed by atoms with van der Waals surface area (Å²) in [6, 6.07) is 12.9. The Labute approximate surface area is 133 Å². The minimum atomic E-state index is -0.321. The average molecular weight is 352 g/mol. The maximum atomic E-state index is 14.0. The molecule has 0 amide bonds. The standard InChI is InChI=1S/C17H19BrFNO/c1-2-9-20-11-13-7-8-17(16(19)10-13)21-12-14-5-3-4-6-15(14)18/h3-8,10,20H,2,9,11-12H2,1H3. The van der Waals surface area contributed by atoms with Crippen LogP contribution in [0.15, 0.2) is 46.9 Å². The van der Waals surface area contributed by atoms with Gasteiger partial charge in [0, 0.05) is 16.6 Å². The van der Waals surface area contributed by atoms with E-state index in [1.807, 2.05) is 30.3 Å². The molecular weight excluding hydrogens is 333 g/mol. The zero-order chi connectivity index (χ0) is 15.1. The average Bonchev–Trinajstić information content (AvgIpc) is 2.48. The summed E-state index contributed by atoms with van der Waals surface area (Å²) in [5, 5.41) is 3.25. The highest BCUT2D eigenvalue weighted by Gasteiger charge is 2.06. The Morgan fingerprint density at radius 1 is 1.19 bits per heavy atom. The van der Waals surface area contributed by atoms with Crippen LogP contribution in [-0.4, -0.2) is 6.54 Å². The highest BCUT2D eigenvalue weighted by Crippen LogP contribution is 2.22. The molecule has 21 heavy (non-hydrogen) atoms. The number of nitrogens with one attached hydrogen (secondary N) is 1. The van der Waals surface area contributed by atoms with Gasteiger partial charge in [-0.2, -0.15) is 0 Å². The first-order valence-corrected chi connectivity index (χ1v) is 7.85. The zero-order valence-corrected chi connectivity index (χ0v) is 13.6. The van der Waals surface area contributed by atoms with Crippen LogP contribution in [0.25, 0.3) is 0 Å². The molecule has 2 rings (SSSR count). The summed E-state index contributed by atoms with van der Waals surface area (Å²) in [7, 11) is 0. The first-order chi connectivity index (χ1) is 10.2. The maximum absolute atomic E-state index is 14.0. The Balaban J connectivity index is 1.96. The van der Waals surface area contributed by atoms with Crippen molar-refractivity contribution < 1.29 is 9.13 Å². The van der Waals surface area contributed by atoms with Crippen LogP contribution in [0.4, 0.5) is 4.39 Å². The van der Waals surface area contributed by atoms with Crippen molar-refractivity contribution >= 4 is 15.9 Å². The van der Waals surface area contributed by atoms with Crippen molar-refractivity contribution in [2.45, 2.75) is 26.5 Å². The van der Waals surface area contributed by atoms with Crippen LogP contribution in [0, 0.1) is 5.82 Å². The molecule has 0 aromatic heterocycles. The molecule has 1 N–H and O–H groups in total. The number of rotatable bonds is 7. The highest BCUT2D eigenvalue weighted by atomic mass is 79.9. The van der Waals surface area contributed by atoms with E-state index < -0.39 is 0 Å². The normalized spacial score (nSPS) is 10.6. The molecule has 0 aliphatic carbocycles. The lowest BCUT2D eigenvalue weighted by Crippen LogP contribution is -2.13. The second-order valence-electron chi connectivity index (χ2n) is 4.82. The van der Waals surface area contributed by atoms with E-state index in [0.29, 0.717) is 13.2 Å². The summed E-state index contributed by atoms with van der Waals surface area (Å²) in [4.78, 5) is 0. The van der Waals surface area contributed by atoms with Gasteiger partial charge in [-0.15, -0.1) is 0 Å². The molecule has 4 heteroatoms. The minimum absolute atomic E-state index is 0.282. The van der Waals surface area contributed by atoms with Gasteiger partial charge < -0.3 is 10.1 Å². The predicted molar refractivity (Wildman–Crippen MR) is 86.9 cm³/mol. The van der Waals surface area contributed by atoms with Gasteiger partial charge in [0.15, 0.2) is 11.6 Å². The van der Waals surface area contributed by atoms with Crippen molar-refractivity contribution in [3.8, 4) is 5.75 Å². The molecule has 112 valence electrons. The third-order valence-corrected chi connectivity index (χ3v) is 3.87. The van der Waals surface area contributed by atoms with Gasteiger partial charge in [-0.1, -0.05) is 47.1 Å². The van der Waals surface area contributed by atoms with Crippen LogP contribution in [0.5, 0.6) is 5.75 Å². The number of halogens is 2. The smallest absolute Gasteiger partial charge is 0.165 e. The van der Waals surface area contributed by atoms with Crippen molar-refractivity contribution in [3.05, 3.63) is 63.9 Å². The largest absolute Gasteiger partial charge is 0.486 e. The Hall–Kier alpha value is -1.39. The van der Waals surface area contributed by atoms with Crippen molar-refractivity contribution in [1.29, 1.82) is 0 Å². The lowest BCUT2D eigenvalue weighted by atomic mass is 10.2. The first kappa shape index (κ1) is 16.0. The van der Waals surface area contributed by atoms with E-state index in [9.17, 15) is 4.39 Å². The molecule has 0 atom stereocenters. The van der Waals surface area contributed by atoms with Gasteiger partial charge in [-0.05, 0) is 36.7 Å². The van der Waals surface area contributed by atoms with E-state index in [0.717, 1.165) is 28.6 Å². The molecule has 0 unspecified atom stereocenters. The van der Waals surface area contributed by atoms with E-state index in [4.69, 9.17) is 4.74 Å². The van der Waals surface area contributed by atoms with E-state index in [2.05, 4.69) is 28.2 Å². The van der Waals surface area contributed by atoms with Gasteiger partial charge in [0.2, 0.25) is 0 Å². The molecule has 2 aromatic carbocycles. The SMILES string of the molecule is CCCNCc1ccc(OCc2ccccc2Br)c(F)c1. The van der Waals surface area contributed by atoms with Gasteiger partial charge >= 0.3 is 0 Å². The van der Waals surface area contributed by atoms with Crippen LogP contribution < -0.4 is 10.1 Å². The summed E-state index contributed by atoms with van der Waals surface area (Å²) >= 11 is 3.45. The summed E-state index contributed by atoms with van der Waals surface area (Å²) in [6.07, 6.45) is 1.07. The van der Waals surface area contributed by atoms with Gasteiger partial charge in [0.05, 0.1) is 0 Å². The summed E-state index contributed by atoms with van der Waals surface area (Å²) in [5.74, 6) is -0.0390. The van der Waals surface area contributed by atoms with Crippen LogP contribution in [0.2, 0.25) is 0 Å². The van der Waals surface area contributed by atoms with E-state index in [-0.39, 0.29) is 11.6 Å². The van der Waals surface area contributed by atoms with Crippen molar-refractivity contribution in [2.24, 2.45) is 0 Å². The Morgan fingerprint density at radius 3 is 2.71 bits per heavy atom. The second kappa shape index (κ2) is 8.15. The van der Waals surface area contributed by atoms with Crippen molar-refractivity contribution in [3.63, 3.8) is 0 Å². The fourth-order valence-corrected chi connectivity index (χ4v) is 2.35. The Kier molecular flexibility index (Phi) is 6.21. The third kappa shape index (κ3) is 4.83. The van der Waals surface area contributed by atoms with Gasteiger partial charge in [0.25, 0.3) is 0 Å². The molecule has 0 saturated heterocycles. The molecule has 0 fully saturated rings. The molecule has 2 nitrogen and oxygen atoms in total. The zero-order valence-electron chi connectivity index (χ0n) is 12.0. The number of hydrogen-bond acceptors (Lipinski definition) is 2. The van der Waals surface area contributed by atoms with E-state index in [1.54, 1.807) is 6.07 Å². The monoisotopic (exact) mass is 351 g/mol. The number of hydrogen-bond donors (Lipinski definition) is 1. The maximum Gasteiger partial charge on any atom is 0.165 e. The molecule has 0 spiro atoms. The molecule has 0 radical (unpaired) electrons. The Bertz CT molecular complexity index is 589. The van der Waals surface area contributed by atoms with Gasteiger partial charge in [0.1, 0.15) is 6.61 Å². The van der Waals surface area contributed by atoms with Crippen molar-refractivity contribution in [2.75, 3.05) is 6.54 Å². The summed E-state index contributed by atoms with van der Waals surface area (Å²) in [5.41, 5.74) is 1.92. The molecule has 2 aromatic rings. The van der Waals surface area contributed by atoms with E-state index in [1.165, 1.54) is 6.07 Å². The molecule has 0 saturated carbocycles. The quantitative estimate of drug-likeness (QED) is 0.732. The van der Waals surface area contributed by atoms with Crippen LogP contribution >= 0.6 is 15.9 Å². The van der Waals surface area contributed by atoms with E-state index >= 15 is 0 Å². The molecule has 0 bridgehead atoms. The highest BCUT2D eigenvalue weighted by molar-refractivity contribution is 9.10. The summed E-state index contributed by atoms with van der Waals surface area (Å²) < 4.78 is 20.5. The fourth-order valence-electron chi connectivity index (χ4n) is 1.95. The molecule has 0 aliphatic rings. The topological polar surface area (TPSA) is 21.3 Å². The lowest BCUT2D eigenvalue weighted by molar-refractivity contribution is 0.289. The third-order valence-electron chi connectivity index (χ3n) is 3.09. The van der Waals surface area contributed by atoms with Crippen LogP contribution in [0.3, 0.4) is 0 Å². The molecular formula is C17H19BrFNO. The number of benzene rings is 2. The molecule has 0 aliphatic heterocycles. The molecule has 0 heterocycles. The van der Waals surface area contributed by atoms with Crippen LogP contribution in [0.1, 0.15) is 24.5 Å².